The van der Waals surface area contributed by atoms with E-state index in [9.17, 15) is 5.26 Å². The second kappa shape index (κ2) is 4.48. The predicted molar refractivity (Wildman–Crippen MR) is 77.6 cm³/mol. The molecule has 3 rings (SSSR count). The smallest absolute Gasteiger partial charge is 0.119 e. The first-order valence-corrected chi connectivity index (χ1v) is 6.59. The van der Waals surface area contributed by atoms with E-state index in [1.54, 1.807) is 0 Å². The van der Waals surface area contributed by atoms with Gasteiger partial charge >= 0.3 is 0 Å². The first kappa shape index (κ1) is 11.9. The standard InChI is InChI=1S/C14H11BrN4/c15-12-3-1-2-4-13(12)19-7-9-6-18-14(17)10(5-16)11(9)8-19/h1-4,6,8,18H,7,17H2. The van der Waals surface area contributed by atoms with Crippen LogP contribution in [0.2, 0.25) is 0 Å². The van der Waals surface area contributed by atoms with Gasteiger partial charge in [0.1, 0.15) is 17.5 Å². The fourth-order valence-electron chi connectivity index (χ4n) is 2.24. The number of nitriles is 1. The fraction of sp³-hybridized carbons (Fsp3) is 0.0714. The van der Waals surface area contributed by atoms with Crippen molar-refractivity contribution in [3.05, 3.63) is 63.7 Å². The van der Waals surface area contributed by atoms with Gasteiger partial charge in [0.2, 0.25) is 0 Å². The molecular formula is C14H11BrN4. The first-order chi connectivity index (χ1) is 9.20. The van der Waals surface area contributed by atoms with Gasteiger partial charge in [-0.3, -0.25) is 0 Å². The Morgan fingerprint density at radius 3 is 2.89 bits per heavy atom. The van der Waals surface area contributed by atoms with Crippen LogP contribution in [-0.2, 0) is 0 Å². The number of anilines is 1. The lowest BCUT2D eigenvalue weighted by Crippen LogP contribution is -2.22. The van der Waals surface area contributed by atoms with E-state index in [0.717, 1.165) is 27.9 Å². The molecule has 5 heteroatoms. The number of allylic oxidation sites excluding steroid dienone is 1. The maximum atomic E-state index is 9.20. The number of benzene rings is 1. The van der Waals surface area contributed by atoms with Crippen LogP contribution in [0.25, 0.3) is 0 Å². The van der Waals surface area contributed by atoms with Crippen molar-refractivity contribution in [2.75, 3.05) is 11.4 Å². The monoisotopic (exact) mass is 314 g/mol. The van der Waals surface area contributed by atoms with Crippen LogP contribution in [0, 0.1) is 11.3 Å². The normalized spacial score (nSPS) is 17.4. The Hall–Kier alpha value is -2.19. The van der Waals surface area contributed by atoms with E-state index in [1.807, 2.05) is 36.7 Å². The maximum absolute atomic E-state index is 9.20. The van der Waals surface area contributed by atoms with Crippen molar-refractivity contribution < 1.29 is 0 Å². The lowest BCUT2D eigenvalue weighted by molar-refractivity contribution is 0.961. The molecule has 19 heavy (non-hydrogen) atoms. The number of halogens is 1. The molecule has 2 aliphatic heterocycles. The minimum atomic E-state index is 0.409. The van der Waals surface area contributed by atoms with Crippen LogP contribution in [0.15, 0.2) is 63.7 Å². The maximum Gasteiger partial charge on any atom is 0.119 e. The van der Waals surface area contributed by atoms with Gasteiger partial charge in [-0.1, -0.05) is 12.1 Å². The number of hydrogen-bond acceptors (Lipinski definition) is 4. The molecule has 0 aromatic heterocycles. The van der Waals surface area contributed by atoms with E-state index in [2.05, 4.69) is 32.2 Å². The van der Waals surface area contributed by atoms with E-state index >= 15 is 0 Å². The van der Waals surface area contributed by atoms with Gasteiger partial charge in [0, 0.05) is 29.0 Å². The quantitative estimate of drug-likeness (QED) is 0.835. The van der Waals surface area contributed by atoms with Crippen molar-refractivity contribution in [1.82, 2.24) is 5.32 Å². The van der Waals surface area contributed by atoms with Crippen LogP contribution >= 0.6 is 15.9 Å². The summed E-state index contributed by atoms with van der Waals surface area (Å²) < 4.78 is 1.02. The Kier molecular flexibility index (Phi) is 2.80. The molecule has 0 aliphatic carbocycles. The van der Waals surface area contributed by atoms with Gasteiger partial charge in [0.15, 0.2) is 0 Å². The Morgan fingerprint density at radius 1 is 1.37 bits per heavy atom. The van der Waals surface area contributed by atoms with Crippen LogP contribution in [-0.4, -0.2) is 6.54 Å². The van der Waals surface area contributed by atoms with Gasteiger partial charge in [-0.05, 0) is 33.6 Å². The van der Waals surface area contributed by atoms with Crippen molar-refractivity contribution in [2.45, 2.75) is 0 Å². The summed E-state index contributed by atoms with van der Waals surface area (Å²) in [5.41, 5.74) is 9.34. The molecule has 0 atom stereocenters. The number of nitrogens with two attached hydrogens (primary N) is 1. The van der Waals surface area contributed by atoms with Crippen LogP contribution in [0.4, 0.5) is 5.69 Å². The van der Waals surface area contributed by atoms with Gasteiger partial charge in [-0.25, -0.2) is 0 Å². The highest BCUT2D eigenvalue weighted by Crippen LogP contribution is 2.35. The Labute approximate surface area is 119 Å². The summed E-state index contributed by atoms with van der Waals surface area (Å²) in [4.78, 5) is 2.10. The summed E-state index contributed by atoms with van der Waals surface area (Å²) in [5, 5.41) is 12.1. The summed E-state index contributed by atoms with van der Waals surface area (Å²) in [5.74, 6) is 0.409. The minimum Gasteiger partial charge on any atom is -0.384 e. The zero-order valence-electron chi connectivity index (χ0n) is 10.0. The summed E-state index contributed by atoms with van der Waals surface area (Å²) in [6.45, 7) is 0.726. The Bertz CT molecular complexity index is 679. The molecular weight excluding hydrogens is 304 g/mol. The molecule has 0 saturated heterocycles. The zero-order valence-corrected chi connectivity index (χ0v) is 11.6. The van der Waals surface area contributed by atoms with Gasteiger partial charge in [-0.15, -0.1) is 0 Å². The highest BCUT2D eigenvalue weighted by Gasteiger charge is 2.27. The third-order valence-corrected chi connectivity index (χ3v) is 3.86. The number of para-hydroxylation sites is 1. The largest absolute Gasteiger partial charge is 0.384 e. The molecule has 0 spiro atoms. The summed E-state index contributed by atoms with van der Waals surface area (Å²) in [7, 11) is 0. The molecule has 0 saturated carbocycles. The molecule has 2 heterocycles. The number of nitrogens with one attached hydrogen (secondary N) is 1. The average Bonchev–Trinajstić information content (AvgIpc) is 2.83. The fourth-order valence-corrected chi connectivity index (χ4v) is 2.76. The van der Waals surface area contributed by atoms with Crippen LogP contribution in [0.1, 0.15) is 0 Å². The van der Waals surface area contributed by atoms with Crippen molar-refractivity contribution in [2.24, 2.45) is 5.73 Å². The molecule has 0 amide bonds. The molecule has 2 aliphatic rings. The number of nitrogens with zero attached hydrogens (tertiary/aromatic N) is 2. The van der Waals surface area contributed by atoms with Crippen molar-refractivity contribution in [3.63, 3.8) is 0 Å². The summed E-state index contributed by atoms with van der Waals surface area (Å²) in [6.07, 6.45) is 3.83. The van der Waals surface area contributed by atoms with Gasteiger partial charge in [-0.2, -0.15) is 5.26 Å². The van der Waals surface area contributed by atoms with E-state index in [0.29, 0.717) is 11.4 Å². The van der Waals surface area contributed by atoms with Gasteiger partial charge in [0.25, 0.3) is 0 Å². The topological polar surface area (TPSA) is 65.1 Å². The first-order valence-electron chi connectivity index (χ1n) is 5.80. The van der Waals surface area contributed by atoms with E-state index < -0.39 is 0 Å². The predicted octanol–water partition coefficient (Wildman–Crippen LogP) is 2.33. The summed E-state index contributed by atoms with van der Waals surface area (Å²) >= 11 is 3.54. The minimum absolute atomic E-state index is 0.409. The number of rotatable bonds is 1. The molecule has 0 bridgehead atoms. The van der Waals surface area contributed by atoms with Crippen molar-refractivity contribution >= 4 is 21.6 Å². The van der Waals surface area contributed by atoms with Crippen LogP contribution < -0.4 is 16.0 Å². The second-order valence-corrected chi connectivity index (χ2v) is 5.19. The molecule has 94 valence electrons. The summed E-state index contributed by atoms with van der Waals surface area (Å²) in [6, 6.07) is 10.2. The average molecular weight is 315 g/mol. The number of hydrogen-bond donors (Lipinski definition) is 2. The van der Waals surface area contributed by atoms with Gasteiger partial charge < -0.3 is 16.0 Å². The third-order valence-electron chi connectivity index (χ3n) is 3.19. The van der Waals surface area contributed by atoms with E-state index in [-0.39, 0.29) is 0 Å². The highest BCUT2D eigenvalue weighted by atomic mass is 79.9. The highest BCUT2D eigenvalue weighted by molar-refractivity contribution is 9.10. The molecule has 0 radical (unpaired) electrons. The van der Waals surface area contributed by atoms with Gasteiger partial charge in [0.05, 0.1) is 5.69 Å². The molecule has 4 nitrogen and oxygen atoms in total. The zero-order chi connectivity index (χ0) is 13.4. The lowest BCUT2D eigenvalue weighted by Gasteiger charge is -2.17. The third kappa shape index (κ3) is 1.90. The van der Waals surface area contributed by atoms with E-state index in [1.165, 1.54) is 0 Å². The molecule has 1 aromatic carbocycles. The molecule has 0 fully saturated rings. The second-order valence-electron chi connectivity index (χ2n) is 4.34. The molecule has 0 unspecified atom stereocenters. The van der Waals surface area contributed by atoms with Crippen LogP contribution in [0.3, 0.4) is 0 Å². The van der Waals surface area contributed by atoms with Crippen LogP contribution in [0.5, 0.6) is 0 Å². The number of fused-ring (bicyclic) bond motifs is 1. The van der Waals surface area contributed by atoms with Crippen molar-refractivity contribution in [3.8, 4) is 6.07 Å². The van der Waals surface area contributed by atoms with Crippen molar-refractivity contribution in [1.29, 1.82) is 5.26 Å². The van der Waals surface area contributed by atoms with E-state index in [4.69, 9.17) is 5.73 Å². The number of dihydropyridines is 1. The Balaban J connectivity index is 2.03. The Morgan fingerprint density at radius 2 is 2.16 bits per heavy atom. The molecule has 3 N–H and O–H groups in total. The lowest BCUT2D eigenvalue weighted by atomic mass is 10.0. The SMILES string of the molecule is N#CC1=C(N)NC=C2CN(c3ccccc3Br)C=C21. The molecule has 1 aromatic rings.